The Labute approximate surface area is 67.0 Å². The van der Waals surface area contributed by atoms with Crippen LogP contribution in [0.1, 0.15) is 0 Å². The predicted octanol–water partition coefficient (Wildman–Crippen LogP) is -0.549. The van der Waals surface area contributed by atoms with Gasteiger partial charge in [0.15, 0.2) is 0 Å². The number of likely N-dealkylation sites (N-methyl/N-ethyl adjacent to an activating group) is 1. The van der Waals surface area contributed by atoms with Crippen LogP contribution in [0, 0.1) is 11.3 Å². The van der Waals surface area contributed by atoms with E-state index in [0.717, 1.165) is 6.54 Å². The topological polar surface area (TPSA) is 56.5 Å². The summed E-state index contributed by atoms with van der Waals surface area (Å²) < 4.78 is 5.00. The highest BCUT2D eigenvalue weighted by Gasteiger charge is 1.94. The molecule has 0 aliphatic carbocycles. The molecule has 0 aromatic heterocycles. The molecule has 0 aliphatic heterocycles. The molecule has 0 saturated carbocycles. The summed E-state index contributed by atoms with van der Waals surface area (Å²) >= 11 is 0. The second kappa shape index (κ2) is 7.48. The molecule has 0 heterocycles. The summed E-state index contributed by atoms with van der Waals surface area (Å²) in [6.07, 6.45) is 0. The smallest absolute Gasteiger partial charge is 0.0864 e. The van der Waals surface area contributed by atoms with Crippen molar-refractivity contribution in [3.8, 4) is 6.07 Å². The van der Waals surface area contributed by atoms with E-state index in [-0.39, 0.29) is 6.61 Å². The minimum atomic E-state index is 0.0575. The lowest BCUT2D eigenvalue weighted by Gasteiger charge is -2.11. The van der Waals surface area contributed by atoms with Crippen molar-refractivity contribution in [2.75, 3.05) is 40.0 Å². The minimum Gasteiger partial charge on any atom is -0.394 e. The molecule has 4 heteroatoms. The molecule has 11 heavy (non-hydrogen) atoms. The van der Waals surface area contributed by atoms with E-state index in [9.17, 15) is 0 Å². The highest BCUT2D eigenvalue weighted by Crippen LogP contribution is 1.81. The minimum absolute atomic E-state index is 0.0575. The van der Waals surface area contributed by atoms with Gasteiger partial charge in [-0.1, -0.05) is 0 Å². The van der Waals surface area contributed by atoms with Gasteiger partial charge >= 0.3 is 0 Å². The summed E-state index contributed by atoms with van der Waals surface area (Å²) in [5.41, 5.74) is 0. The van der Waals surface area contributed by atoms with Crippen LogP contribution in [0.4, 0.5) is 0 Å². The summed E-state index contributed by atoms with van der Waals surface area (Å²) in [7, 11) is 1.85. The fraction of sp³-hybridized carbons (Fsp3) is 0.857. The van der Waals surface area contributed by atoms with Crippen LogP contribution in [0.15, 0.2) is 0 Å². The molecular weight excluding hydrogens is 144 g/mol. The van der Waals surface area contributed by atoms with Gasteiger partial charge < -0.3 is 9.84 Å². The van der Waals surface area contributed by atoms with Crippen LogP contribution in [0.5, 0.6) is 0 Å². The maximum absolute atomic E-state index is 8.34. The van der Waals surface area contributed by atoms with Crippen LogP contribution in [-0.2, 0) is 4.74 Å². The van der Waals surface area contributed by atoms with E-state index in [1.807, 2.05) is 18.0 Å². The number of nitrogens with zero attached hydrogens (tertiary/aromatic N) is 2. The summed E-state index contributed by atoms with van der Waals surface area (Å²) in [5, 5.41) is 16.6. The maximum Gasteiger partial charge on any atom is 0.0864 e. The fourth-order valence-electron chi connectivity index (χ4n) is 0.587. The van der Waals surface area contributed by atoms with Crippen LogP contribution in [0.2, 0.25) is 0 Å². The second-order valence-electron chi connectivity index (χ2n) is 2.23. The lowest BCUT2D eigenvalue weighted by atomic mass is 10.5. The van der Waals surface area contributed by atoms with Gasteiger partial charge in [-0.05, 0) is 7.05 Å². The molecule has 0 bridgehead atoms. The van der Waals surface area contributed by atoms with Crippen LogP contribution in [0.25, 0.3) is 0 Å². The van der Waals surface area contributed by atoms with Crippen molar-refractivity contribution in [3.63, 3.8) is 0 Å². The summed E-state index contributed by atoms with van der Waals surface area (Å²) in [5.74, 6) is 0. The lowest BCUT2D eigenvalue weighted by molar-refractivity contribution is 0.0804. The number of hydrogen-bond donors (Lipinski definition) is 1. The molecule has 0 aliphatic rings. The molecule has 0 fully saturated rings. The van der Waals surface area contributed by atoms with Crippen LogP contribution >= 0.6 is 0 Å². The zero-order valence-corrected chi connectivity index (χ0v) is 6.79. The van der Waals surface area contributed by atoms with Crippen molar-refractivity contribution >= 4 is 0 Å². The molecular formula is C7H14N2O2. The number of ether oxygens (including phenoxy) is 1. The Morgan fingerprint density at radius 1 is 1.55 bits per heavy atom. The van der Waals surface area contributed by atoms with Gasteiger partial charge in [-0.25, -0.2) is 0 Å². The third-order valence-electron chi connectivity index (χ3n) is 1.19. The average molecular weight is 158 g/mol. The molecule has 0 radical (unpaired) electrons. The molecule has 0 amide bonds. The Hall–Kier alpha value is -0.630. The quantitative estimate of drug-likeness (QED) is 0.416. The molecule has 64 valence electrons. The summed E-state index contributed by atoms with van der Waals surface area (Å²) in [6.45, 7) is 2.15. The van der Waals surface area contributed by atoms with Crippen LogP contribution < -0.4 is 0 Å². The number of nitriles is 1. The predicted molar refractivity (Wildman–Crippen MR) is 41.0 cm³/mol. The number of hydrogen-bond acceptors (Lipinski definition) is 4. The Morgan fingerprint density at radius 3 is 2.82 bits per heavy atom. The van der Waals surface area contributed by atoms with E-state index in [0.29, 0.717) is 19.8 Å². The van der Waals surface area contributed by atoms with Crippen molar-refractivity contribution in [2.45, 2.75) is 0 Å². The maximum atomic E-state index is 8.34. The van der Waals surface area contributed by atoms with Crippen LogP contribution in [0.3, 0.4) is 0 Å². The first kappa shape index (κ1) is 10.4. The van der Waals surface area contributed by atoms with Crippen molar-refractivity contribution in [3.05, 3.63) is 0 Å². The van der Waals surface area contributed by atoms with E-state index in [1.165, 1.54) is 0 Å². The molecule has 0 saturated heterocycles. The van der Waals surface area contributed by atoms with Crippen molar-refractivity contribution in [1.29, 1.82) is 5.26 Å². The van der Waals surface area contributed by atoms with Gasteiger partial charge in [-0.2, -0.15) is 5.26 Å². The SMILES string of the molecule is CN(CC#N)CCOCCO. The molecule has 0 atom stereocenters. The Morgan fingerprint density at radius 2 is 2.27 bits per heavy atom. The second-order valence-corrected chi connectivity index (χ2v) is 2.23. The number of rotatable bonds is 6. The van der Waals surface area contributed by atoms with Gasteiger partial charge in [0.05, 0.1) is 32.4 Å². The summed E-state index contributed by atoms with van der Waals surface area (Å²) in [4.78, 5) is 1.86. The molecule has 0 rings (SSSR count). The van der Waals surface area contributed by atoms with Crippen molar-refractivity contribution in [1.82, 2.24) is 4.90 Å². The number of aliphatic hydroxyl groups excluding tert-OH is 1. The third kappa shape index (κ3) is 7.26. The highest BCUT2D eigenvalue weighted by molar-refractivity contribution is 4.73. The van der Waals surface area contributed by atoms with Gasteiger partial charge in [0.1, 0.15) is 0 Å². The van der Waals surface area contributed by atoms with Gasteiger partial charge in [0.25, 0.3) is 0 Å². The molecule has 0 aromatic carbocycles. The Kier molecular flexibility index (Phi) is 7.05. The summed E-state index contributed by atoms with van der Waals surface area (Å²) in [6, 6.07) is 2.03. The molecule has 0 unspecified atom stereocenters. The zero-order chi connectivity index (χ0) is 8.53. The average Bonchev–Trinajstić information content (AvgIpc) is 1.99. The fourth-order valence-corrected chi connectivity index (χ4v) is 0.587. The van der Waals surface area contributed by atoms with Crippen molar-refractivity contribution in [2.24, 2.45) is 0 Å². The number of aliphatic hydroxyl groups is 1. The first-order valence-electron chi connectivity index (χ1n) is 3.55. The van der Waals surface area contributed by atoms with E-state index in [2.05, 4.69) is 0 Å². The largest absolute Gasteiger partial charge is 0.394 e. The van der Waals surface area contributed by atoms with E-state index in [4.69, 9.17) is 15.1 Å². The highest BCUT2D eigenvalue weighted by atomic mass is 16.5. The van der Waals surface area contributed by atoms with Crippen LogP contribution in [-0.4, -0.2) is 50.0 Å². The Balaban J connectivity index is 3.05. The van der Waals surface area contributed by atoms with E-state index in [1.54, 1.807) is 0 Å². The Bertz CT molecular complexity index is 122. The standard InChI is InChI=1S/C7H14N2O2/c1-9(3-2-8)4-6-11-7-5-10/h10H,3-7H2,1H3. The molecule has 4 nitrogen and oxygen atoms in total. The first-order valence-corrected chi connectivity index (χ1v) is 3.55. The van der Waals surface area contributed by atoms with Gasteiger partial charge in [-0.15, -0.1) is 0 Å². The molecule has 1 N–H and O–H groups in total. The molecule has 0 spiro atoms. The van der Waals surface area contributed by atoms with E-state index < -0.39 is 0 Å². The van der Waals surface area contributed by atoms with Gasteiger partial charge in [0, 0.05) is 6.54 Å². The lowest BCUT2D eigenvalue weighted by Crippen LogP contribution is -2.23. The van der Waals surface area contributed by atoms with E-state index >= 15 is 0 Å². The normalized spacial score (nSPS) is 10.0. The monoisotopic (exact) mass is 158 g/mol. The first-order chi connectivity index (χ1) is 5.31. The third-order valence-corrected chi connectivity index (χ3v) is 1.19. The van der Waals surface area contributed by atoms with Gasteiger partial charge in [0.2, 0.25) is 0 Å². The van der Waals surface area contributed by atoms with Crippen molar-refractivity contribution < 1.29 is 9.84 Å². The van der Waals surface area contributed by atoms with Gasteiger partial charge in [-0.3, -0.25) is 4.90 Å². The zero-order valence-electron chi connectivity index (χ0n) is 6.79. The molecule has 0 aromatic rings.